The molecule has 2 aromatic carbocycles. The highest BCUT2D eigenvalue weighted by molar-refractivity contribution is 7.90. The number of hydrogen-bond donors (Lipinski definition) is 1. The Bertz CT molecular complexity index is 1000. The van der Waals surface area contributed by atoms with E-state index in [-0.39, 0.29) is 22.9 Å². The molecule has 4 rings (SSSR count). The van der Waals surface area contributed by atoms with Crippen LogP contribution in [0, 0.1) is 11.7 Å². The van der Waals surface area contributed by atoms with Crippen LogP contribution in [-0.2, 0) is 20.0 Å². The Morgan fingerprint density at radius 2 is 2.00 bits per heavy atom. The maximum Gasteiger partial charge on any atom is 0.228 e. The van der Waals surface area contributed by atoms with Crippen molar-refractivity contribution in [1.82, 2.24) is 0 Å². The van der Waals surface area contributed by atoms with E-state index >= 15 is 0 Å². The number of benzene rings is 2. The van der Waals surface area contributed by atoms with Crippen LogP contribution < -0.4 is 10.1 Å². The average molecular weight is 375 g/mol. The first-order chi connectivity index (χ1) is 12.3. The smallest absolute Gasteiger partial charge is 0.228 e. The van der Waals surface area contributed by atoms with Crippen LogP contribution >= 0.6 is 0 Å². The summed E-state index contributed by atoms with van der Waals surface area (Å²) < 4.78 is 43.5. The molecule has 0 saturated heterocycles. The van der Waals surface area contributed by atoms with Crippen molar-refractivity contribution in [2.24, 2.45) is 5.92 Å². The van der Waals surface area contributed by atoms with Crippen LogP contribution in [0.3, 0.4) is 0 Å². The molecule has 0 bridgehead atoms. The number of halogens is 1. The molecule has 1 N–H and O–H groups in total. The number of carbonyl (C=O) groups is 1. The topological polar surface area (TPSA) is 72.5 Å². The minimum atomic E-state index is -3.81. The standard InChI is InChI=1S/C19H18FNO4S/c1-26(23,24)17-14(20)6-4-7-15(17)21-18(22)13-11-19(13)9-10-25-16-8-3-2-5-12(16)19/h2-8,13H,9-11H2,1H3,(H,21,22)/t13-,19-/m0/s1. The molecule has 1 heterocycles. The van der Waals surface area contributed by atoms with Gasteiger partial charge in [-0.15, -0.1) is 0 Å². The molecule has 0 radical (unpaired) electrons. The maximum absolute atomic E-state index is 14.0. The van der Waals surface area contributed by atoms with E-state index < -0.39 is 20.5 Å². The largest absolute Gasteiger partial charge is 0.493 e. The molecule has 1 aliphatic carbocycles. The fourth-order valence-corrected chi connectivity index (χ4v) is 4.85. The second kappa shape index (κ2) is 5.81. The Hall–Kier alpha value is -2.41. The Kier molecular flexibility index (Phi) is 3.80. The second-order valence-corrected chi connectivity index (χ2v) is 8.84. The number of sulfone groups is 1. The van der Waals surface area contributed by atoms with Gasteiger partial charge in [0, 0.05) is 23.2 Å². The SMILES string of the molecule is CS(=O)(=O)c1c(F)cccc1NC(=O)[C@@H]1C[C@]12CCOc1ccccc12. The van der Waals surface area contributed by atoms with E-state index in [1.54, 1.807) is 0 Å². The molecule has 2 aromatic rings. The van der Waals surface area contributed by atoms with Gasteiger partial charge in [-0.3, -0.25) is 4.79 Å². The molecule has 1 fully saturated rings. The monoisotopic (exact) mass is 375 g/mol. The van der Waals surface area contributed by atoms with Crippen molar-refractivity contribution in [1.29, 1.82) is 0 Å². The summed E-state index contributed by atoms with van der Waals surface area (Å²) in [5.74, 6) is -0.663. The number of rotatable bonds is 3. The van der Waals surface area contributed by atoms with Crippen LogP contribution in [0.2, 0.25) is 0 Å². The Balaban J connectivity index is 1.62. The number of nitrogens with one attached hydrogen (secondary N) is 1. The molecule has 1 saturated carbocycles. The van der Waals surface area contributed by atoms with E-state index in [4.69, 9.17) is 4.74 Å². The van der Waals surface area contributed by atoms with Gasteiger partial charge in [-0.25, -0.2) is 12.8 Å². The van der Waals surface area contributed by atoms with E-state index in [1.165, 1.54) is 12.1 Å². The fraction of sp³-hybridized carbons (Fsp3) is 0.316. The first-order valence-corrected chi connectivity index (χ1v) is 10.2. The van der Waals surface area contributed by atoms with E-state index in [2.05, 4.69) is 5.32 Å². The van der Waals surface area contributed by atoms with E-state index in [9.17, 15) is 17.6 Å². The zero-order valence-electron chi connectivity index (χ0n) is 14.2. The minimum absolute atomic E-state index is 0.0140. The number of hydrogen-bond acceptors (Lipinski definition) is 4. The minimum Gasteiger partial charge on any atom is -0.493 e. The molecule has 1 amide bonds. The quantitative estimate of drug-likeness (QED) is 0.895. The third-order valence-electron chi connectivity index (χ3n) is 5.22. The van der Waals surface area contributed by atoms with Crippen molar-refractivity contribution in [3.05, 3.63) is 53.8 Å². The van der Waals surface area contributed by atoms with E-state index in [0.717, 1.165) is 30.1 Å². The summed E-state index contributed by atoms with van der Waals surface area (Å²) in [5, 5.41) is 2.62. The van der Waals surface area contributed by atoms with Crippen LogP contribution in [0.1, 0.15) is 18.4 Å². The molecule has 26 heavy (non-hydrogen) atoms. The summed E-state index contributed by atoms with van der Waals surface area (Å²) in [5.41, 5.74) is 0.714. The third-order valence-corrected chi connectivity index (χ3v) is 6.37. The zero-order valence-corrected chi connectivity index (χ0v) is 15.0. The molecule has 1 spiro atoms. The summed E-state index contributed by atoms with van der Waals surface area (Å²) in [6.45, 7) is 0.537. The Morgan fingerprint density at radius 3 is 2.77 bits per heavy atom. The molecule has 5 nitrogen and oxygen atoms in total. The van der Waals surface area contributed by atoms with Crippen LogP contribution in [0.5, 0.6) is 5.75 Å². The third kappa shape index (κ3) is 2.67. The number of carbonyl (C=O) groups excluding carboxylic acids is 1. The lowest BCUT2D eigenvalue weighted by molar-refractivity contribution is -0.117. The van der Waals surface area contributed by atoms with Crippen LogP contribution in [0.15, 0.2) is 47.4 Å². The van der Waals surface area contributed by atoms with Gasteiger partial charge in [-0.1, -0.05) is 24.3 Å². The van der Waals surface area contributed by atoms with Gasteiger partial charge in [0.05, 0.1) is 12.3 Å². The van der Waals surface area contributed by atoms with E-state index in [1.807, 2.05) is 24.3 Å². The van der Waals surface area contributed by atoms with Gasteiger partial charge in [0.2, 0.25) is 5.91 Å². The number of ether oxygens (including phenoxy) is 1. The van der Waals surface area contributed by atoms with Gasteiger partial charge in [0.1, 0.15) is 16.5 Å². The number of amides is 1. The molecule has 2 aliphatic rings. The van der Waals surface area contributed by atoms with Gasteiger partial charge in [0.15, 0.2) is 9.84 Å². The predicted molar refractivity (Wildman–Crippen MR) is 94.5 cm³/mol. The Morgan fingerprint density at radius 1 is 1.23 bits per heavy atom. The van der Waals surface area contributed by atoms with Gasteiger partial charge >= 0.3 is 0 Å². The molecule has 2 atom stereocenters. The second-order valence-electron chi connectivity index (χ2n) is 6.89. The first kappa shape index (κ1) is 17.0. The summed E-state index contributed by atoms with van der Waals surface area (Å²) >= 11 is 0. The van der Waals surface area contributed by atoms with Crippen molar-refractivity contribution < 1.29 is 22.3 Å². The predicted octanol–water partition coefficient (Wildman–Crippen LogP) is 2.91. The average Bonchev–Trinajstić information content (AvgIpc) is 3.29. The highest BCUT2D eigenvalue weighted by Crippen LogP contribution is 2.60. The van der Waals surface area contributed by atoms with Crippen LogP contribution in [0.4, 0.5) is 10.1 Å². The normalized spacial score (nSPS) is 23.8. The lowest BCUT2D eigenvalue weighted by atomic mass is 9.87. The zero-order chi connectivity index (χ0) is 18.5. The highest BCUT2D eigenvalue weighted by atomic mass is 32.2. The molecule has 7 heteroatoms. The van der Waals surface area contributed by atoms with Crippen molar-refractivity contribution in [2.45, 2.75) is 23.2 Å². The highest BCUT2D eigenvalue weighted by Gasteiger charge is 2.61. The molecule has 1 aliphatic heterocycles. The summed E-state index contributed by atoms with van der Waals surface area (Å²) in [7, 11) is -3.81. The number of para-hydroxylation sites is 1. The van der Waals surface area contributed by atoms with Crippen molar-refractivity contribution in [2.75, 3.05) is 18.2 Å². The molecule has 0 aromatic heterocycles. The molecule has 136 valence electrons. The molecular weight excluding hydrogens is 357 g/mol. The van der Waals surface area contributed by atoms with Gasteiger partial charge < -0.3 is 10.1 Å². The van der Waals surface area contributed by atoms with Crippen molar-refractivity contribution >= 4 is 21.4 Å². The van der Waals surface area contributed by atoms with Crippen molar-refractivity contribution in [3.63, 3.8) is 0 Å². The fourth-order valence-electron chi connectivity index (χ4n) is 3.91. The lowest BCUT2D eigenvalue weighted by Gasteiger charge is -2.26. The van der Waals surface area contributed by atoms with Crippen LogP contribution in [-0.4, -0.2) is 27.2 Å². The van der Waals surface area contributed by atoms with Crippen LogP contribution in [0.25, 0.3) is 0 Å². The van der Waals surface area contributed by atoms with E-state index in [0.29, 0.717) is 13.0 Å². The summed E-state index contributed by atoms with van der Waals surface area (Å²) in [4.78, 5) is 12.3. The number of fused-ring (bicyclic) bond motifs is 2. The Labute approximate surface area is 151 Å². The lowest BCUT2D eigenvalue weighted by Crippen LogP contribution is -2.27. The first-order valence-electron chi connectivity index (χ1n) is 8.35. The molecule has 0 unspecified atom stereocenters. The van der Waals surface area contributed by atoms with Gasteiger partial charge in [0.25, 0.3) is 0 Å². The molecular formula is C19H18FNO4S. The van der Waals surface area contributed by atoms with Crippen molar-refractivity contribution in [3.8, 4) is 5.75 Å². The van der Waals surface area contributed by atoms with Gasteiger partial charge in [-0.2, -0.15) is 0 Å². The van der Waals surface area contributed by atoms with Gasteiger partial charge in [-0.05, 0) is 31.0 Å². The summed E-state index contributed by atoms with van der Waals surface area (Å²) in [6, 6.07) is 11.5. The maximum atomic E-state index is 14.0. The summed E-state index contributed by atoms with van der Waals surface area (Å²) in [6.07, 6.45) is 2.32. The number of anilines is 1.